The average Bonchev–Trinajstić information content (AvgIpc) is 3.21. The summed E-state index contributed by atoms with van der Waals surface area (Å²) in [6, 6.07) is 12.9. The molecule has 1 aliphatic heterocycles. The smallest absolute Gasteiger partial charge is 0.308 e. The normalized spacial score (nSPS) is 22.4. The molecular weight excluding hydrogens is 368 g/mol. The molecule has 2 aliphatic rings. The van der Waals surface area contributed by atoms with Crippen LogP contribution in [0.5, 0.6) is 5.88 Å². The summed E-state index contributed by atoms with van der Waals surface area (Å²) in [6.45, 7) is 0.593. The van der Waals surface area contributed by atoms with Gasteiger partial charge in [-0.3, -0.25) is 9.59 Å². The van der Waals surface area contributed by atoms with Crippen LogP contribution in [0.1, 0.15) is 53.9 Å². The molecular formula is C23H26N2O4. The van der Waals surface area contributed by atoms with Gasteiger partial charge in [0.1, 0.15) is 6.10 Å². The van der Waals surface area contributed by atoms with Crippen molar-refractivity contribution in [2.45, 2.75) is 44.1 Å². The lowest BCUT2D eigenvalue weighted by Gasteiger charge is -2.22. The van der Waals surface area contributed by atoms with E-state index in [0.29, 0.717) is 18.0 Å². The van der Waals surface area contributed by atoms with Crippen molar-refractivity contribution < 1.29 is 19.4 Å². The fourth-order valence-electron chi connectivity index (χ4n) is 4.40. The fourth-order valence-corrected chi connectivity index (χ4v) is 4.40. The number of carbonyl (C=O) groups excluding carboxylic acids is 1. The van der Waals surface area contributed by atoms with Crippen molar-refractivity contribution in [1.29, 1.82) is 0 Å². The van der Waals surface area contributed by atoms with Gasteiger partial charge in [0.05, 0.1) is 5.92 Å². The molecule has 6 heteroatoms. The number of hydrogen-bond acceptors (Lipinski definition) is 4. The van der Waals surface area contributed by atoms with E-state index in [4.69, 9.17) is 4.74 Å². The van der Waals surface area contributed by atoms with E-state index in [2.05, 4.69) is 4.98 Å². The molecule has 6 nitrogen and oxygen atoms in total. The molecule has 152 valence electrons. The highest BCUT2D eigenvalue weighted by Crippen LogP contribution is 2.34. The van der Waals surface area contributed by atoms with E-state index in [1.54, 1.807) is 23.2 Å². The third-order valence-electron chi connectivity index (χ3n) is 5.97. The number of ether oxygens (including phenoxy) is 1. The Hall–Kier alpha value is -2.89. The van der Waals surface area contributed by atoms with Gasteiger partial charge in [-0.2, -0.15) is 0 Å². The Morgan fingerprint density at radius 2 is 1.79 bits per heavy atom. The first-order valence-corrected chi connectivity index (χ1v) is 10.3. The number of likely N-dealkylation sites (tertiary alicyclic amines) is 1. The maximum Gasteiger partial charge on any atom is 0.308 e. The molecule has 2 atom stereocenters. The van der Waals surface area contributed by atoms with Crippen LogP contribution in [-0.4, -0.2) is 46.1 Å². The second kappa shape index (κ2) is 8.64. The van der Waals surface area contributed by atoms with Crippen molar-refractivity contribution in [3.8, 4) is 5.88 Å². The Morgan fingerprint density at radius 1 is 1.03 bits per heavy atom. The third kappa shape index (κ3) is 4.42. The number of carboxylic acid groups (broad SMARTS) is 1. The summed E-state index contributed by atoms with van der Waals surface area (Å²) in [7, 11) is 0. The standard InChI is InChI=1S/C23H26N2O4/c26-22(17-11-12-24-21(13-17)29-18-9-5-2-6-10-18)25-14-19(20(15-25)23(27)28)16-7-3-1-4-8-16/h1,3-4,7-8,11-13,18-20H,2,5-6,9-10,14-15H2,(H,27,28)/t19-,20-/m1/s1. The zero-order valence-electron chi connectivity index (χ0n) is 16.4. The van der Waals surface area contributed by atoms with Crippen molar-refractivity contribution in [3.05, 3.63) is 59.8 Å². The number of carbonyl (C=O) groups is 2. The van der Waals surface area contributed by atoms with Gasteiger partial charge in [-0.05, 0) is 37.3 Å². The quantitative estimate of drug-likeness (QED) is 0.836. The second-order valence-corrected chi connectivity index (χ2v) is 7.93. The Kier molecular flexibility index (Phi) is 5.79. The number of aromatic nitrogens is 1. The van der Waals surface area contributed by atoms with Crippen LogP contribution in [0.4, 0.5) is 0 Å². The zero-order valence-corrected chi connectivity index (χ0v) is 16.4. The number of rotatable bonds is 5. The summed E-state index contributed by atoms with van der Waals surface area (Å²) >= 11 is 0. The van der Waals surface area contributed by atoms with Crippen LogP contribution < -0.4 is 4.74 Å². The molecule has 2 fully saturated rings. The summed E-state index contributed by atoms with van der Waals surface area (Å²) < 4.78 is 5.98. The van der Waals surface area contributed by atoms with E-state index in [1.165, 1.54) is 6.42 Å². The van der Waals surface area contributed by atoms with Gasteiger partial charge in [-0.15, -0.1) is 0 Å². The van der Waals surface area contributed by atoms with Crippen LogP contribution in [0.15, 0.2) is 48.7 Å². The zero-order chi connectivity index (χ0) is 20.2. The van der Waals surface area contributed by atoms with Crippen LogP contribution in [0, 0.1) is 5.92 Å². The van der Waals surface area contributed by atoms with Crippen LogP contribution in [0.25, 0.3) is 0 Å². The molecule has 0 spiro atoms. The summed E-state index contributed by atoms with van der Waals surface area (Å²) in [4.78, 5) is 30.8. The molecule has 1 N–H and O–H groups in total. The molecule has 1 aliphatic carbocycles. The Bertz CT molecular complexity index is 864. The molecule has 1 aromatic heterocycles. The van der Waals surface area contributed by atoms with Gasteiger partial charge in [0, 0.05) is 36.8 Å². The van der Waals surface area contributed by atoms with Gasteiger partial charge in [-0.1, -0.05) is 36.8 Å². The summed E-state index contributed by atoms with van der Waals surface area (Å²) in [6.07, 6.45) is 7.35. The lowest BCUT2D eigenvalue weighted by Crippen LogP contribution is -2.30. The topological polar surface area (TPSA) is 79.7 Å². The lowest BCUT2D eigenvalue weighted by atomic mass is 9.89. The summed E-state index contributed by atoms with van der Waals surface area (Å²) in [5.74, 6) is -1.40. The molecule has 1 saturated heterocycles. The second-order valence-electron chi connectivity index (χ2n) is 7.93. The van der Waals surface area contributed by atoms with Gasteiger partial charge in [-0.25, -0.2) is 4.98 Å². The molecule has 29 heavy (non-hydrogen) atoms. The summed E-state index contributed by atoms with van der Waals surface area (Å²) in [5.41, 5.74) is 1.44. The Morgan fingerprint density at radius 3 is 2.52 bits per heavy atom. The number of hydrogen-bond donors (Lipinski definition) is 1. The largest absolute Gasteiger partial charge is 0.481 e. The van der Waals surface area contributed by atoms with Crippen molar-refractivity contribution in [1.82, 2.24) is 9.88 Å². The molecule has 1 amide bonds. The average molecular weight is 394 g/mol. The number of pyridine rings is 1. The lowest BCUT2D eigenvalue weighted by molar-refractivity contribution is -0.141. The first kappa shape index (κ1) is 19.4. The highest BCUT2D eigenvalue weighted by atomic mass is 16.5. The monoisotopic (exact) mass is 394 g/mol. The molecule has 1 aromatic carbocycles. The third-order valence-corrected chi connectivity index (χ3v) is 5.97. The molecule has 0 unspecified atom stereocenters. The maximum atomic E-state index is 13.1. The SMILES string of the molecule is O=C(O)[C@@H]1CN(C(=O)c2ccnc(OC3CCCCC3)c2)C[C@@H]1c1ccccc1. The van der Waals surface area contributed by atoms with Crippen LogP contribution >= 0.6 is 0 Å². The van der Waals surface area contributed by atoms with E-state index < -0.39 is 11.9 Å². The first-order chi connectivity index (χ1) is 14.1. The number of amides is 1. The van der Waals surface area contributed by atoms with Gasteiger partial charge in [0.25, 0.3) is 5.91 Å². The van der Waals surface area contributed by atoms with Crippen molar-refractivity contribution >= 4 is 11.9 Å². The Labute approximate surface area is 170 Å². The van der Waals surface area contributed by atoms with E-state index in [-0.39, 0.29) is 24.5 Å². The molecule has 0 bridgehead atoms. The van der Waals surface area contributed by atoms with Gasteiger partial charge in [0.2, 0.25) is 5.88 Å². The number of nitrogens with zero attached hydrogens (tertiary/aromatic N) is 2. The van der Waals surface area contributed by atoms with Crippen molar-refractivity contribution in [2.24, 2.45) is 5.92 Å². The highest BCUT2D eigenvalue weighted by Gasteiger charge is 2.40. The summed E-state index contributed by atoms with van der Waals surface area (Å²) in [5, 5.41) is 9.67. The minimum atomic E-state index is -0.870. The predicted octanol–water partition coefficient (Wildman–Crippen LogP) is 3.73. The number of carboxylic acids is 1. The van der Waals surface area contributed by atoms with Crippen molar-refractivity contribution in [2.75, 3.05) is 13.1 Å². The highest BCUT2D eigenvalue weighted by molar-refractivity contribution is 5.95. The molecule has 1 saturated carbocycles. The van der Waals surface area contributed by atoms with Gasteiger partial charge in [0.15, 0.2) is 0 Å². The molecule has 2 heterocycles. The van der Waals surface area contributed by atoms with E-state index in [0.717, 1.165) is 31.2 Å². The van der Waals surface area contributed by atoms with Crippen LogP contribution in [0.3, 0.4) is 0 Å². The minimum Gasteiger partial charge on any atom is -0.481 e. The molecule has 4 rings (SSSR count). The minimum absolute atomic E-state index is 0.159. The first-order valence-electron chi connectivity index (χ1n) is 10.3. The fraction of sp³-hybridized carbons (Fsp3) is 0.435. The maximum absolute atomic E-state index is 13.1. The Balaban J connectivity index is 1.49. The van der Waals surface area contributed by atoms with Gasteiger partial charge >= 0.3 is 5.97 Å². The number of aliphatic carboxylic acids is 1. The van der Waals surface area contributed by atoms with Crippen LogP contribution in [-0.2, 0) is 4.79 Å². The van der Waals surface area contributed by atoms with E-state index >= 15 is 0 Å². The molecule has 2 aromatic rings. The van der Waals surface area contributed by atoms with E-state index in [1.807, 2.05) is 30.3 Å². The van der Waals surface area contributed by atoms with E-state index in [9.17, 15) is 14.7 Å². The van der Waals surface area contributed by atoms with Gasteiger partial charge < -0.3 is 14.7 Å². The van der Waals surface area contributed by atoms with Crippen molar-refractivity contribution in [3.63, 3.8) is 0 Å². The molecule has 0 radical (unpaired) electrons. The predicted molar refractivity (Wildman–Crippen MR) is 108 cm³/mol. The van der Waals surface area contributed by atoms with Crippen LogP contribution in [0.2, 0.25) is 0 Å². The number of benzene rings is 1.